The van der Waals surface area contributed by atoms with E-state index in [2.05, 4.69) is 5.32 Å². The maximum Gasteiger partial charge on any atom is 0.408 e. The van der Waals surface area contributed by atoms with Gasteiger partial charge in [0.15, 0.2) is 0 Å². The van der Waals surface area contributed by atoms with Crippen molar-refractivity contribution in [1.82, 2.24) is 9.88 Å². The number of carbonyl (C=O) groups excluding carboxylic acids is 2. The molecule has 1 aromatic carbocycles. The highest BCUT2D eigenvalue weighted by atomic mass is 16.6. The van der Waals surface area contributed by atoms with Gasteiger partial charge in [0.05, 0.1) is 0 Å². The number of amides is 1. The molecule has 1 N–H and O–H groups in total. The van der Waals surface area contributed by atoms with Gasteiger partial charge in [0.1, 0.15) is 17.9 Å². The topological polar surface area (TPSA) is 60.3 Å². The lowest BCUT2D eigenvalue weighted by atomic mass is 10.0. The molecule has 1 atom stereocenters. The molecule has 0 aliphatic rings. The number of carbonyl (C=O) groups is 2. The normalized spacial score (nSPS) is 13.0. The second kappa shape index (κ2) is 5.60. The number of nitrogens with zero attached hydrogens (tertiary/aromatic N) is 1. The molecule has 0 radical (unpaired) electrons. The number of aryl methyl sites for hydroxylation is 1. The quantitative estimate of drug-likeness (QED) is 0.883. The minimum atomic E-state index is -0.731. The third-order valence-electron chi connectivity index (χ3n) is 3.11. The van der Waals surface area contributed by atoms with Crippen LogP contribution in [0.1, 0.15) is 32.4 Å². The van der Waals surface area contributed by atoms with Gasteiger partial charge in [-0.05, 0) is 38.5 Å². The number of fused-ring (bicyclic) bond motifs is 1. The molecule has 21 heavy (non-hydrogen) atoms. The molecule has 0 saturated carbocycles. The SMILES string of the molecule is Cn1ccc2c(C(C=O)NC(=O)OC(C)(C)C)cccc21. The predicted molar refractivity (Wildman–Crippen MR) is 81.1 cm³/mol. The van der Waals surface area contributed by atoms with E-state index in [0.29, 0.717) is 6.29 Å². The lowest BCUT2D eigenvalue weighted by molar-refractivity contribution is -0.109. The lowest BCUT2D eigenvalue weighted by Crippen LogP contribution is -2.35. The molecule has 112 valence electrons. The van der Waals surface area contributed by atoms with E-state index in [0.717, 1.165) is 16.5 Å². The van der Waals surface area contributed by atoms with Crippen LogP contribution in [0.15, 0.2) is 30.5 Å². The van der Waals surface area contributed by atoms with Gasteiger partial charge in [-0.25, -0.2) is 4.79 Å². The largest absolute Gasteiger partial charge is 0.444 e. The average molecular weight is 288 g/mol. The summed E-state index contributed by atoms with van der Waals surface area (Å²) < 4.78 is 7.16. The molecule has 0 bridgehead atoms. The molecule has 1 heterocycles. The van der Waals surface area contributed by atoms with E-state index in [4.69, 9.17) is 4.74 Å². The van der Waals surface area contributed by atoms with Crippen molar-refractivity contribution in [2.75, 3.05) is 0 Å². The summed E-state index contributed by atoms with van der Waals surface area (Å²) in [7, 11) is 1.93. The average Bonchev–Trinajstić information content (AvgIpc) is 2.76. The van der Waals surface area contributed by atoms with Crippen LogP contribution in [0.25, 0.3) is 10.9 Å². The molecule has 2 rings (SSSR count). The zero-order chi connectivity index (χ0) is 15.6. The number of ether oxygens (including phenoxy) is 1. The summed E-state index contributed by atoms with van der Waals surface area (Å²) in [6, 6.07) is 6.86. The van der Waals surface area contributed by atoms with Gasteiger partial charge in [-0.1, -0.05) is 12.1 Å². The van der Waals surface area contributed by atoms with Crippen molar-refractivity contribution in [1.29, 1.82) is 0 Å². The second-order valence-electron chi connectivity index (χ2n) is 5.97. The zero-order valence-electron chi connectivity index (χ0n) is 12.7. The third-order valence-corrected chi connectivity index (χ3v) is 3.11. The van der Waals surface area contributed by atoms with E-state index in [1.54, 1.807) is 20.8 Å². The number of hydrogen-bond donors (Lipinski definition) is 1. The highest BCUT2D eigenvalue weighted by Crippen LogP contribution is 2.24. The lowest BCUT2D eigenvalue weighted by Gasteiger charge is -2.22. The minimum absolute atomic E-state index is 0.601. The molecule has 1 amide bonds. The van der Waals surface area contributed by atoms with Crippen LogP contribution < -0.4 is 5.32 Å². The Morgan fingerprint density at radius 3 is 2.67 bits per heavy atom. The van der Waals surface area contributed by atoms with Gasteiger partial charge in [-0.15, -0.1) is 0 Å². The van der Waals surface area contributed by atoms with Crippen LogP contribution in [-0.2, 0) is 16.6 Å². The summed E-state index contributed by atoms with van der Waals surface area (Å²) in [6.45, 7) is 5.33. The summed E-state index contributed by atoms with van der Waals surface area (Å²) in [5, 5.41) is 3.54. The molecule has 1 aromatic heterocycles. The van der Waals surface area contributed by atoms with E-state index >= 15 is 0 Å². The van der Waals surface area contributed by atoms with Gasteiger partial charge in [0.2, 0.25) is 0 Å². The van der Waals surface area contributed by atoms with E-state index in [1.807, 2.05) is 42.1 Å². The number of aldehydes is 1. The molecule has 5 nitrogen and oxygen atoms in total. The van der Waals surface area contributed by atoms with Crippen LogP contribution in [-0.4, -0.2) is 22.5 Å². The fourth-order valence-electron chi connectivity index (χ4n) is 2.22. The molecule has 0 aliphatic carbocycles. The van der Waals surface area contributed by atoms with Gasteiger partial charge in [0.25, 0.3) is 0 Å². The number of nitrogens with one attached hydrogen (secondary N) is 1. The molecule has 0 saturated heterocycles. The van der Waals surface area contributed by atoms with Crippen molar-refractivity contribution in [2.45, 2.75) is 32.4 Å². The first kappa shape index (κ1) is 15.1. The summed E-state index contributed by atoms with van der Waals surface area (Å²) in [6.07, 6.45) is 2.03. The Hall–Kier alpha value is -2.30. The van der Waals surface area contributed by atoms with E-state index in [9.17, 15) is 9.59 Å². The summed E-state index contributed by atoms with van der Waals surface area (Å²) in [5.74, 6) is 0. The Kier molecular flexibility index (Phi) is 4.02. The minimum Gasteiger partial charge on any atom is -0.444 e. The molecule has 2 aromatic rings. The zero-order valence-corrected chi connectivity index (χ0v) is 12.7. The number of benzene rings is 1. The summed E-state index contributed by atoms with van der Waals surface area (Å²) in [4.78, 5) is 23.2. The molecule has 0 fully saturated rings. The van der Waals surface area contributed by atoms with Gasteiger partial charge < -0.3 is 19.4 Å². The molecular weight excluding hydrogens is 268 g/mol. The maximum absolute atomic E-state index is 11.8. The van der Waals surface area contributed by atoms with Crippen molar-refractivity contribution in [2.24, 2.45) is 7.05 Å². The number of aromatic nitrogens is 1. The van der Waals surface area contributed by atoms with Crippen molar-refractivity contribution >= 4 is 23.3 Å². The van der Waals surface area contributed by atoms with Crippen LogP contribution in [0, 0.1) is 0 Å². The molecule has 0 spiro atoms. The van der Waals surface area contributed by atoms with Gasteiger partial charge in [-0.2, -0.15) is 0 Å². The Balaban J connectivity index is 2.28. The standard InChI is InChI=1S/C16H20N2O3/c1-16(2,3)21-15(20)17-13(10-19)11-6-5-7-14-12(11)8-9-18(14)4/h5-10,13H,1-4H3,(H,17,20). The smallest absolute Gasteiger partial charge is 0.408 e. The first-order chi connectivity index (χ1) is 9.81. The summed E-state index contributed by atoms with van der Waals surface area (Å²) in [5.41, 5.74) is 1.16. The first-order valence-corrected chi connectivity index (χ1v) is 6.80. The van der Waals surface area contributed by atoms with Crippen molar-refractivity contribution < 1.29 is 14.3 Å². The van der Waals surface area contributed by atoms with Gasteiger partial charge in [0, 0.05) is 24.1 Å². The van der Waals surface area contributed by atoms with E-state index in [-0.39, 0.29) is 0 Å². The fourth-order valence-corrected chi connectivity index (χ4v) is 2.22. The van der Waals surface area contributed by atoms with Crippen LogP contribution in [0.4, 0.5) is 4.79 Å². The number of alkyl carbamates (subject to hydrolysis) is 1. The van der Waals surface area contributed by atoms with Crippen LogP contribution >= 0.6 is 0 Å². The number of hydrogen-bond acceptors (Lipinski definition) is 3. The van der Waals surface area contributed by atoms with E-state index < -0.39 is 17.7 Å². The second-order valence-corrected chi connectivity index (χ2v) is 5.97. The van der Waals surface area contributed by atoms with Gasteiger partial charge >= 0.3 is 6.09 Å². The van der Waals surface area contributed by atoms with Gasteiger partial charge in [-0.3, -0.25) is 0 Å². The third kappa shape index (κ3) is 3.42. The molecular formula is C16H20N2O3. The Bertz CT molecular complexity index is 668. The number of rotatable bonds is 3. The van der Waals surface area contributed by atoms with Crippen molar-refractivity contribution in [3.63, 3.8) is 0 Å². The van der Waals surface area contributed by atoms with Crippen LogP contribution in [0.3, 0.4) is 0 Å². The van der Waals surface area contributed by atoms with Crippen LogP contribution in [0.2, 0.25) is 0 Å². The van der Waals surface area contributed by atoms with Crippen molar-refractivity contribution in [3.05, 3.63) is 36.0 Å². The molecule has 1 unspecified atom stereocenters. The predicted octanol–water partition coefficient (Wildman–Crippen LogP) is 2.94. The highest BCUT2D eigenvalue weighted by molar-refractivity contribution is 5.88. The highest BCUT2D eigenvalue weighted by Gasteiger charge is 2.21. The van der Waals surface area contributed by atoms with E-state index in [1.165, 1.54) is 0 Å². The van der Waals surface area contributed by atoms with Crippen molar-refractivity contribution in [3.8, 4) is 0 Å². The molecule has 0 aliphatic heterocycles. The molecule has 5 heteroatoms. The summed E-state index contributed by atoms with van der Waals surface area (Å²) >= 11 is 0. The fraction of sp³-hybridized carbons (Fsp3) is 0.375. The Labute approximate surface area is 123 Å². The first-order valence-electron chi connectivity index (χ1n) is 6.80. The van der Waals surface area contributed by atoms with Crippen LogP contribution in [0.5, 0.6) is 0 Å². The Morgan fingerprint density at radius 1 is 1.33 bits per heavy atom. The maximum atomic E-state index is 11.8. The monoisotopic (exact) mass is 288 g/mol. The Morgan fingerprint density at radius 2 is 2.05 bits per heavy atom.